The topological polar surface area (TPSA) is 49.6 Å². The zero-order valence-corrected chi connectivity index (χ0v) is 10.6. The van der Waals surface area contributed by atoms with Crippen molar-refractivity contribution in [2.75, 3.05) is 19.6 Å². The molecule has 5 heteroatoms. The van der Waals surface area contributed by atoms with Crippen molar-refractivity contribution in [1.29, 1.82) is 0 Å². The fourth-order valence-electron chi connectivity index (χ4n) is 3.25. The largest absolute Gasteiger partial charge is 0.346 e. The van der Waals surface area contributed by atoms with Gasteiger partial charge in [-0.1, -0.05) is 0 Å². The van der Waals surface area contributed by atoms with E-state index in [2.05, 4.69) is 15.2 Å². The number of nitrogens with one attached hydrogen (secondary N) is 1. The van der Waals surface area contributed by atoms with Crippen LogP contribution in [0.3, 0.4) is 0 Å². The van der Waals surface area contributed by atoms with Gasteiger partial charge in [-0.3, -0.25) is 4.79 Å². The van der Waals surface area contributed by atoms with Crippen LogP contribution in [0.1, 0.15) is 16.9 Å². The standard InChI is InChI=1S/C14H16N4O/c19-14(16-13-8-17-5-3-10(13)7-17)12-6-11-2-1-4-18(11)9-15-12/h1-2,4,6,9-10,13H,3,5,7-8H2,(H,16,19)/t10-,13-/m0/s1. The van der Waals surface area contributed by atoms with E-state index in [-0.39, 0.29) is 5.91 Å². The number of carbonyl (C=O) groups excluding carboxylic acids is 1. The van der Waals surface area contributed by atoms with E-state index in [1.165, 1.54) is 13.0 Å². The highest BCUT2D eigenvalue weighted by Crippen LogP contribution is 2.27. The van der Waals surface area contributed by atoms with Gasteiger partial charge in [-0.15, -0.1) is 0 Å². The van der Waals surface area contributed by atoms with Crippen LogP contribution >= 0.6 is 0 Å². The number of rotatable bonds is 2. The van der Waals surface area contributed by atoms with Crippen LogP contribution in [0.5, 0.6) is 0 Å². The van der Waals surface area contributed by atoms with Gasteiger partial charge in [0.15, 0.2) is 0 Å². The molecule has 0 spiro atoms. The van der Waals surface area contributed by atoms with Gasteiger partial charge in [0.25, 0.3) is 5.91 Å². The van der Waals surface area contributed by atoms with Crippen molar-refractivity contribution >= 4 is 11.4 Å². The number of hydrogen-bond donors (Lipinski definition) is 1. The Morgan fingerprint density at radius 2 is 2.37 bits per heavy atom. The van der Waals surface area contributed by atoms with Crippen molar-refractivity contribution in [3.8, 4) is 0 Å². The van der Waals surface area contributed by atoms with Crippen LogP contribution in [0.4, 0.5) is 0 Å². The molecule has 4 rings (SSSR count). The van der Waals surface area contributed by atoms with Crippen molar-refractivity contribution in [2.45, 2.75) is 12.5 Å². The van der Waals surface area contributed by atoms with Gasteiger partial charge in [-0.2, -0.15) is 0 Å². The lowest BCUT2D eigenvalue weighted by molar-refractivity contribution is 0.0919. The first-order chi connectivity index (χ1) is 9.29. The van der Waals surface area contributed by atoms with Crippen LogP contribution in [0.2, 0.25) is 0 Å². The molecule has 0 aliphatic carbocycles. The number of nitrogens with zero attached hydrogens (tertiary/aromatic N) is 3. The Hall–Kier alpha value is -1.88. The van der Waals surface area contributed by atoms with Crippen molar-refractivity contribution in [3.63, 3.8) is 0 Å². The lowest BCUT2D eigenvalue weighted by Crippen LogP contribution is -2.43. The number of amides is 1. The monoisotopic (exact) mass is 256 g/mol. The first-order valence-corrected chi connectivity index (χ1v) is 6.75. The summed E-state index contributed by atoms with van der Waals surface area (Å²) in [6, 6.07) is 6.05. The smallest absolute Gasteiger partial charge is 0.270 e. The molecule has 2 aromatic rings. The van der Waals surface area contributed by atoms with Crippen LogP contribution < -0.4 is 5.32 Å². The molecule has 2 fully saturated rings. The van der Waals surface area contributed by atoms with E-state index in [0.29, 0.717) is 17.7 Å². The molecule has 4 heterocycles. The molecule has 0 saturated carbocycles. The molecule has 5 nitrogen and oxygen atoms in total. The lowest BCUT2D eigenvalue weighted by atomic mass is 10.00. The molecule has 2 aliphatic heterocycles. The van der Waals surface area contributed by atoms with Gasteiger partial charge in [0.1, 0.15) is 5.69 Å². The second-order valence-corrected chi connectivity index (χ2v) is 5.50. The third-order valence-corrected chi connectivity index (χ3v) is 4.30. The summed E-state index contributed by atoms with van der Waals surface area (Å²) < 4.78 is 1.90. The van der Waals surface area contributed by atoms with Crippen LogP contribution in [-0.4, -0.2) is 45.9 Å². The van der Waals surface area contributed by atoms with E-state index in [1.807, 2.05) is 28.8 Å². The normalized spacial score (nSPS) is 28.9. The maximum atomic E-state index is 12.2. The zero-order chi connectivity index (χ0) is 12.8. The minimum atomic E-state index is -0.0533. The predicted molar refractivity (Wildman–Crippen MR) is 71.0 cm³/mol. The number of hydrogen-bond acceptors (Lipinski definition) is 3. The molecule has 2 saturated heterocycles. The number of aromatic nitrogens is 2. The zero-order valence-electron chi connectivity index (χ0n) is 10.6. The summed E-state index contributed by atoms with van der Waals surface area (Å²) in [5, 5.41) is 3.13. The highest BCUT2D eigenvalue weighted by Gasteiger charge is 2.38. The van der Waals surface area contributed by atoms with Gasteiger partial charge in [0, 0.05) is 30.8 Å². The molecule has 3 atom stereocenters. The maximum absolute atomic E-state index is 12.2. The lowest BCUT2D eigenvalue weighted by Gasteiger charge is -2.22. The van der Waals surface area contributed by atoms with Gasteiger partial charge in [-0.25, -0.2) is 4.98 Å². The Balaban J connectivity index is 1.53. The average molecular weight is 256 g/mol. The number of carbonyl (C=O) groups is 1. The summed E-state index contributed by atoms with van der Waals surface area (Å²) in [5.74, 6) is 0.573. The fourth-order valence-corrected chi connectivity index (χ4v) is 3.25. The van der Waals surface area contributed by atoms with E-state index in [9.17, 15) is 4.79 Å². The van der Waals surface area contributed by atoms with Gasteiger partial charge >= 0.3 is 0 Å². The van der Waals surface area contributed by atoms with Crippen molar-refractivity contribution in [3.05, 3.63) is 36.4 Å². The van der Waals surface area contributed by atoms with E-state index in [1.54, 1.807) is 6.33 Å². The second-order valence-electron chi connectivity index (χ2n) is 5.50. The average Bonchev–Trinajstić information content (AvgIpc) is 3.13. The quantitative estimate of drug-likeness (QED) is 0.863. The minimum Gasteiger partial charge on any atom is -0.346 e. The first kappa shape index (κ1) is 11.0. The Bertz CT molecular complexity index is 635. The Labute approximate surface area is 111 Å². The summed E-state index contributed by atoms with van der Waals surface area (Å²) >= 11 is 0. The Morgan fingerprint density at radius 1 is 1.42 bits per heavy atom. The van der Waals surface area contributed by atoms with Crippen LogP contribution in [0.25, 0.3) is 5.52 Å². The third-order valence-electron chi connectivity index (χ3n) is 4.30. The molecule has 0 radical (unpaired) electrons. The van der Waals surface area contributed by atoms with Gasteiger partial charge in [0.2, 0.25) is 0 Å². The summed E-state index contributed by atoms with van der Waals surface area (Å²) in [6.45, 7) is 3.31. The highest BCUT2D eigenvalue weighted by atomic mass is 16.2. The molecule has 2 bridgehead atoms. The molecule has 1 amide bonds. The summed E-state index contributed by atoms with van der Waals surface area (Å²) in [4.78, 5) is 18.9. The Kier molecular flexibility index (Phi) is 2.35. The van der Waals surface area contributed by atoms with Crippen molar-refractivity contribution < 1.29 is 4.79 Å². The molecule has 2 aromatic heterocycles. The molecule has 98 valence electrons. The van der Waals surface area contributed by atoms with E-state index >= 15 is 0 Å². The van der Waals surface area contributed by atoms with E-state index in [4.69, 9.17) is 0 Å². The van der Waals surface area contributed by atoms with Crippen LogP contribution in [0, 0.1) is 5.92 Å². The molecule has 19 heavy (non-hydrogen) atoms. The second kappa shape index (κ2) is 4.06. The van der Waals surface area contributed by atoms with Gasteiger partial charge < -0.3 is 14.6 Å². The Morgan fingerprint density at radius 3 is 3.16 bits per heavy atom. The molecular weight excluding hydrogens is 240 g/mol. The minimum absolute atomic E-state index is 0.0533. The summed E-state index contributed by atoms with van der Waals surface area (Å²) in [6.07, 6.45) is 4.82. The number of fused-ring (bicyclic) bond motifs is 3. The molecule has 0 aromatic carbocycles. The number of piperidine rings is 1. The first-order valence-electron chi connectivity index (χ1n) is 6.75. The van der Waals surface area contributed by atoms with Gasteiger partial charge in [0.05, 0.1) is 6.33 Å². The highest BCUT2D eigenvalue weighted by molar-refractivity contribution is 5.93. The molecule has 1 N–H and O–H groups in total. The maximum Gasteiger partial charge on any atom is 0.270 e. The molecular formula is C14H16N4O. The molecule has 2 aliphatic rings. The summed E-state index contributed by atoms with van der Waals surface area (Å²) in [7, 11) is 0. The van der Waals surface area contributed by atoms with Crippen LogP contribution in [-0.2, 0) is 0 Å². The fraction of sp³-hybridized carbons (Fsp3) is 0.429. The molecule has 1 unspecified atom stereocenters. The van der Waals surface area contributed by atoms with Crippen molar-refractivity contribution in [2.24, 2.45) is 5.92 Å². The van der Waals surface area contributed by atoms with Gasteiger partial charge in [-0.05, 0) is 37.1 Å². The van der Waals surface area contributed by atoms with E-state index in [0.717, 1.165) is 18.6 Å². The van der Waals surface area contributed by atoms with Crippen molar-refractivity contribution in [1.82, 2.24) is 19.6 Å². The third kappa shape index (κ3) is 1.81. The van der Waals surface area contributed by atoms with Crippen LogP contribution in [0.15, 0.2) is 30.7 Å². The SMILES string of the molecule is O=C(N[C@H]1CN2CC[C@H]1C2)c1cc2cccn2cn1. The predicted octanol–water partition coefficient (Wildman–Crippen LogP) is 0.768. The summed E-state index contributed by atoms with van der Waals surface area (Å²) in [5.41, 5.74) is 1.50. The van der Waals surface area contributed by atoms with E-state index < -0.39 is 0 Å².